The smallest absolute Gasteiger partial charge is 0.437 e. The molecule has 0 unspecified atom stereocenters. The molecule has 0 fully saturated rings. The van der Waals surface area contributed by atoms with Crippen molar-refractivity contribution >= 4 is 12.1 Å². The Bertz CT molecular complexity index is 362. The third-order valence-corrected chi connectivity index (χ3v) is 1.55. The highest BCUT2D eigenvalue weighted by Crippen LogP contribution is 2.05. The maximum absolute atomic E-state index is 11.2. The zero-order valence-electron chi connectivity index (χ0n) is 7.81. The lowest BCUT2D eigenvalue weighted by Crippen LogP contribution is -2.14. The van der Waals surface area contributed by atoms with Crippen LogP contribution in [0.1, 0.15) is 16.1 Å². The number of hydrogen-bond acceptors (Lipinski definition) is 5. The molecule has 0 amide bonds. The van der Waals surface area contributed by atoms with Gasteiger partial charge in [-0.3, -0.25) is 0 Å². The Labute approximate surface area is 80.7 Å². The van der Waals surface area contributed by atoms with Gasteiger partial charge in [0.05, 0.1) is 7.11 Å². The standard InChI is InChI=1S/C9H9NO4/c1-6-4-3-5-10-7(6)8(11)14-9(12)13-2/h3-5H,1-2H3. The van der Waals surface area contributed by atoms with Crippen LogP contribution in [0, 0.1) is 6.92 Å². The molecular weight excluding hydrogens is 186 g/mol. The Hall–Kier alpha value is -1.91. The molecule has 14 heavy (non-hydrogen) atoms. The number of methoxy groups -OCH3 is 1. The minimum atomic E-state index is -1.04. The largest absolute Gasteiger partial charge is 0.516 e. The molecule has 5 heteroatoms. The van der Waals surface area contributed by atoms with Gasteiger partial charge in [-0.1, -0.05) is 6.07 Å². The molecule has 0 aliphatic heterocycles. The van der Waals surface area contributed by atoms with E-state index < -0.39 is 12.1 Å². The van der Waals surface area contributed by atoms with Gasteiger partial charge in [-0.25, -0.2) is 14.6 Å². The second-order valence-electron chi connectivity index (χ2n) is 2.51. The lowest BCUT2D eigenvalue weighted by Gasteiger charge is -2.02. The van der Waals surface area contributed by atoms with Crippen molar-refractivity contribution in [3.05, 3.63) is 29.6 Å². The first kappa shape index (κ1) is 10.2. The van der Waals surface area contributed by atoms with Gasteiger partial charge in [-0.2, -0.15) is 0 Å². The number of carbonyl (C=O) groups excluding carboxylic acids is 2. The molecule has 74 valence electrons. The summed E-state index contributed by atoms with van der Waals surface area (Å²) in [6.45, 7) is 1.70. The quantitative estimate of drug-likeness (QED) is 0.499. The number of rotatable bonds is 1. The van der Waals surface area contributed by atoms with Gasteiger partial charge in [-0.05, 0) is 18.6 Å². The monoisotopic (exact) mass is 195 g/mol. The minimum Gasteiger partial charge on any atom is -0.437 e. The molecular formula is C9H9NO4. The van der Waals surface area contributed by atoms with Gasteiger partial charge in [0.15, 0.2) is 5.69 Å². The first-order chi connectivity index (χ1) is 6.65. The number of hydrogen-bond donors (Lipinski definition) is 0. The summed E-state index contributed by atoms with van der Waals surface area (Å²) in [7, 11) is 1.13. The average Bonchev–Trinajstić information content (AvgIpc) is 2.18. The predicted molar refractivity (Wildman–Crippen MR) is 46.8 cm³/mol. The van der Waals surface area contributed by atoms with Crippen LogP contribution in [0.25, 0.3) is 0 Å². The van der Waals surface area contributed by atoms with Gasteiger partial charge in [0.1, 0.15) is 0 Å². The van der Waals surface area contributed by atoms with E-state index in [-0.39, 0.29) is 5.69 Å². The summed E-state index contributed by atoms with van der Waals surface area (Å²) in [4.78, 5) is 25.6. The van der Waals surface area contributed by atoms with Crippen molar-refractivity contribution in [2.24, 2.45) is 0 Å². The van der Waals surface area contributed by atoms with Crippen molar-refractivity contribution in [2.45, 2.75) is 6.92 Å². The van der Waals surface area contributed by atoms with Crippen LogP contribution in [0.4, 0.5) is 4.79 Å². The van der Waals surface area contributed by atoms with Crippen LogP contribution >= 0.6 is 0 Å². The fraction of sp³-hybridized carbons (Fsp3) is 0.222. The number of esters is 1. The van der Waals surface area contributed by atoms with Crippen LogP contribution < -0.4 is 0 Å². The summed E-state index contributed by atoms with van der Waals surface area (Å²) in [5.74, 6) is -0.810. The number of aryl methyl sites for hydroxylation is 1. The van der Waals surface area contributed by atoms with E-state index in [9.17, 15) is 9.59 Å². The Morgan fingerprint density at radius 1 is 1.43 bits per heavy atom. The number of pyridine rings is 1. The molecule has 1 aromatic heterocycles. The summed E-state index contributed by atoms with van der Waals surface area (Å²) in [6, 6.07) is 3.38. The number of ether oxygens (including phenoxy) is 2. The highest BCUT2D eigenvalue weighted by atomic mass is 16.7. The van der Waals surface area contributed by atoms with Crippen molar-refractivity contribution in [1.29, 1.82) is 0 Å². The van der Waals surface area contributed by atoms with E-state index in [0.717, 1.165) is 7.11 Å². The summed E-state index contributed by atoms with van der Waals surface area (Å²) in [5.41, 5.74) is 0.749. The van der Waals surface area contributed by atoms with E-state index in [1.54, 1.807) is 19.1 Å². The predicted octanol–water partition coefficient (Wildman–Crippen LogP) is 1.31. The van der Waals surface area contributed by atoms with E-state index in [4.69, 9.17) is 0 Å². The third kappa shape index (κ3) is 2.29. The van der Waals surface area contributed by atoms with E-state index in [0.29, 0.717) is 5.56 Å². The molecule has 0 N–H and O–H groups in total. The Morgan fingerprint density at radius 2 is 2.14 bits per heavy atom. The van der Waals surface area contributed by atoms with Crippen molar-refractivity contribution < 1.29 is 19.1 Å². The Morgan fingerprint density at radius 3 is 2.71 bits per heavy atom. The SMILES string of the molecule is COC(=O)OC(=O)c1ncccc1C. The minimum absolute atomic E-state index is 0.109. The van der Waals surface area contributed by atoms with E-state index in [1.165, 1.54) is 6.20 Å². The molecule has 1 heterocycles. The molecule has 0 saturated carbocycles. The molecule has 0 spiro atoms. The van der Waals surface area contributed by atoms with Crippen LogP contribution in [0.3, 0.4) is 0 Å². The maximum Gasteiger partial charge on any atom is 0.516 e. The third-order valence-electron chi connectivity index (χ3n) is 1.55. The molecule has 0 saturated heterocycles. The molecule has 0 atom stereocenters. The topological polar surface area (TPSA) is 65.5 Å². The molecule has 0 aliphatic rings. The van der Waals surface area contributed by atoms with Crippen LogP contribution in [-0.2, 0) is 9.47 Å². The van der Waals surface area contributed by atoms with Gasteiger partial charge in [0, 0.05) is 6.20 Å². The van der Waals surface area contributed by atoms with Crippen LogP contribution in [0.5, 0.6) is 0 Å². The first-order valence-electron chi connectivity index (χ1n) is 3.87. The van der Waals surface area contributed by atoms with Gasteiger partial charge >= 0.3 is 12.1 Å². The molecule has 0 aromatic carbocycles. The average molecular weight is 195 g/mol. The fourth-order valence-electron chi connectivity index (χ4n) is 0.865. The molecule has 5 nitrogen and oxygen atoms in total. The first-order valence-corrected chi connectivity index (χ1v) is 3.87. The van der Waals surface area contributed by atoms with E-state index >= 15 is 0 Å². The molecule has 0 bridgehead atoms. The van der Waals surface area contributed by atoms with E-state index in [1.807, 2.05) is 0 Å². The van der Waals surface area contributed by atoms with Gasteiger partial charge in [-0.15, -0.1) is 0 Å². The number of carbonyl (C=O) groups is 2. The second kappa shape index (κ2) is 4.36. The summed E-state index contributed by atoms with van der Waals surface area (Å²) in [5, 5.41) is 0. The van der Waals surface area contributed by atoms with Crippen molar-refractivity contribution in [2.75, 3.05) is 7.11 Å². The highest BCUT2D eigenvalue weighted by Gasteiger charge is 2.15. The number of nitrogens with zero attached hydrogens (tertiary/aromatic N) is 1. The van der Waals surface area contributed by atoms with Crippen molar-refractivity contribution in [1.82, 2.24) is 4.98 Å². The summed E-state index contributed by atoms with van der Waals surface area (Å²) < 4.78 is 8.48. The highest BCUT2D eigenvalue weighted by molar-refractivity contribution is 5.94. The van der Waals surface area contributed by atoms with Crippen LogP contribution in [0.2, 0.25) is 0 Å². The van der Waals surface area contributed by atoms with Crippen LogP contribution in [-0.4, -0.2) is 24.2 Å². The summed E-state index contributed by atoms with van der Waals surface area (Å²) >= 11 is 0. The maximum atomic E-state index is 11.2. The van der Waals surface area contributed by atoms with Gasteiger partial charge < -0.3 is 9.47 Å². The Balaban J connectivity index is 2.80. The normalized spacial score (nSPS) is 9.29. The second-order valence-corrected chi connectivity index (χ2v) is 2.51. The van der Waals surface area contributed by atoms with Gasteiger partial charge in [0.2, 0.25) is 0 Å². The fourth-order valence-corrected chi connectivity index (χ4v) is 0.865. The van der Waals surface area contributed by atoms with Crippen molar-refractivity contribution in [3.63, 3.8) is 0 Å². The van der Waals surface area contributed by atoms with Crippen molar-refractivity contribution in [3.8, 4) is 0 Å². The van der Waals surface area contributed by atoms with Crippen LogP contribution in [0.15, 0.2) is 18.3 Å². The zero-order valence-corrected chi connectivity index (χ0v) is 7.81. The Kier molecular flexibility index (Phi) is 3.17. The van der Waals surface area contributed by atoms with Gasteiger partial charge in [0.25, 0.3) is 0 Å². The lowest BCUT2D eigenvalue weighted by atomic mass is 10.2. The molecule has 0 radical (unpaired) electrons. The zero-order chi connectivity index (χ0) is 10.6. The number of aromatic nitrogens is 1. The molecule has 1 aromatic rings. The van der Waals surface area contributed by atoms with E-state index in [2.05, 4.69) is 14.5 Å². The molecule has 0 aliphatic carbocycles. The summed E-state index contributed by atoms with van der Waals surface area (Å²) in [6.07, 6.45) is 0.404. The molecule has 1 rings (SSSR count). The lowest BCUT2D eigenvalue weighted by molar-refractivity contribution is 0.0445.